The highest BCUT2D eigenvalue weighted by Crippen LogP contribution is 2.21. The van der Waals surface area contributed by atoms with Gasteiger partial charge in [-0.2, -0.15) is 0 Å². The summed E-state index contributed by atoms with van der Waals surface area (Å²) >= 11 is 1.46. The fourth-order valence-electron chi connectivity index (χ4n) is 1.76. The second kappa shape index (κ2) is 5.36. The Bertz CT molecular complexity index is 611. The van der Waals surface area contributed by atoms with Crippen molar-refractivity contribution in [1.82, 2.24) is 0 Å². The lowest BCUT2D eigenvalue weighted by Gasteiger charge is -2.07. The molecule has 0 saturated heterocycles. The van der Waals surface area contributed by atoms with E-state index in [9.17, 15) is 9.59 Å². The van der Waals surface area contributed by atoms with E-state index in [1.807, 2.05) is 19.1 Å². The van der Waals surface area contributed by atoms with Crippen LogP contribution in [0, 0.1) is 6.92 Å². The maximum Gasteiger partial charge on any atom is 0.310 e. The standard InChI is InChI=1S/C15H14O3S/c1-9-3-8-13(19-9)14(16)12-6-4-11(5-7-12)10(2)15(17)18/h3-8,10H,1-2H3,(H,17,18)/t10-/m0/s1. The Labute approximate surface area is 115 Å². The van der Waals surface area contributed by atoms with Gasteiger partial charge >= 0.3 is 5.97 Å². The number of aryl methyl sites for hydroxylation is 1. The summed E-state index contributed by atoms with van der Waals surface area (Å²) in [5, 5.41) is 8.93. The number of ketones is 1. The topological polar surface area (TPSA) is 54.4 Å². The molecular weight excluding hydrogens is 260 g/mol. The zero-order valence-electron chi connectivity index (χ0n) is 10.7. The zero-order chi connectivity index (χ0) is 14.0. The molecule has 0 spiro atoms. The molecule has 1 heterocycles. The van der Waals surface area contributed by atoms with Gasteiger partial charge in [0.05, 0.1) is 10.8 Å². The lowest BCUT2D eigenvalue weighted by Crippen LogP contribution is -2.07. The predicted octanol–water partition coefficient (Wildman–Crippen LogP) is 3.48. The molecule has 1 aromatic heterocycles. The number of benzene rings is 1. The lowest BCUT2D eigenvalue weighted by atomic mass is 9.99. The SMILES string of the molecule is Cc1ccc(C(=O)c2ccc([C@H](C)C(=O)O)cc2)s1. The fourth-order valence-corrected chi connectivity index (χ4v) is 2.59. The van der Waals surface area contributed by atoms with E-state index in [4.69, 9.17) is 5.11 Å². The first-order chi connectivity index (χ1) is 8.99. The van der Waals surface area contributed by atoms with Gasteiger partial charge in [-0.15, -0.1) is 11.3 Å². The summed E-state index contributed by atoms with van der Waals surface area (Å²) in [6.07, 6.45) is 0. The van der Waals surface area contributed by atoms with E-state index in [1.54, 1.807) is 31.2 Å². The number of carboxylic acids is 1. The Morgan fingerprint density at radius 2 is 1.74 bits per heavy atom. The highest BCUT2D eigenvalue weighted by molar-refractivity contribution is 7.14. The molecule has 0 aliphatic rings. The van der Waals surface area contributed by atoms with E-state index in [0.29, 0.717) is 16.0 Å². The molecule has 3 nitrogen and oxygen atoms in total. The van der Waals surface area contributed by atoms with E-state index in [-0.39, 0.29) is 5.78 Å². The first-order valence-electron chi connectivity index (χ1n) is 5.93. The summed E-state index contributed by atoms with van der Waals surface area (Å²) in [5.41, 5.74) is 1.29. The van der Waals surface area contributed by atoms with Gasteiger partial charge in [0.15, 0.2) is 0 Å². The van der Waals surface area contributed by atoms with Crippen LogP contribution in [0.1, 0.15) is 38.5 Å². The molecule has 0 bridgehead atoms. The average Bonchev–Trinajstić information content (AvgIpc) is 2.84. The smallest absolute Gasteiger partial charge is 0.310 e. The minimum absolute atomic E-state index is 0.0207. The molecule has 2 rings (SSSR count). The minimum atomic E-state index is -0.868. The second-order valence-electron chi connectivity index (χ2n) is 4.42. The predicted molar refractivity (Wildman–Crippen MR) is 75.0 cm³/mol. The van der Waals surface area contributed by atoms with Crippen LogP contribution < -0.4 is 0 Å². The molecule has 2 aromatic rings. The Morgan fingerprint density at radius 1 is 1.11 bits per heavy atom. The van der Waals surface area contributed by atoms with Gasteiger partial charge in [0.2, 0.25) is 5.78 Å². The summed E-state index contributed by atoms with van der Waals surface area (Å²) in [6, 6.07) is 10.5. The highest BCUT2D eigenvalue weighted by atomic mass is 32.1. The van der Waals surface area contributed by atoms with Crippen LogP contribution in [-0.2, 0) is 4.79 Å². The number of carbonyl (C=O) groups excluding carboxylic acids is 1. The molecule has 1 N–H and O–H groups in total. The van der Waals surface area contributed by atoms with Gasteiger partial charge in [-0.05, 0) is 31.5 Å². The lowest BCUT2D eigenvalue weighted by molar-refractivity contribution is -0.138. The zero-order valence-corrected chi connectivity index (χ0v) is 11.5. The summed E-state index contributed by atoms with van der Waals surface area (Å²) < 4.78 is 0. The maximum atomic E-state index is 12.2. The largest absolute Gasteiger partial charge is 0.481 e. The van der Waals surface area contributed by atoms with Gasteiger partial charge in [-0.3, -0.25) is 9.59 Å². The number of hydrogen-bond donors (Lipinski definition) is 1. The van der Waals surface area contributed by atoms with Gasteiger partial charge in [0.25, 0.3) is 0 Å². The normalized spacial score (nSPS) is 12.1. The van der Waals surface area contributed by atoms with Crippen molar-refractivity contribution < 1.29 is 14.7 Å². The van der Waals surface area contributed by atoms with Crippen molar-refractivity contribution >= 4 is 23.1 Å². The molecule has 1 aromatic carbocycles. The van der Waals surface area contributed by atoms with E-state index in [0.717, 1.165) is 4.88 Å². The van der Waals surface area contributed by atoms with E-state index >= 15 is 0 Å². The number of rotatable bonds is 4. The van der Waals surface area contributed by atoms with Crippen molar-refractivity contribution in [2.75, 3.05) is 0 Å². The van der Waals surface area contributed by atoms with Gasteiger partial charge in [0, 0.05) is 10.4 Å². The van der Waals surface area contributed by atoms with E-state index in [2.05, 4.69) is 0 Å². The van der Waals surface area contributed by atoms with E-state index in [1.165, 1.54) is 11.3 Å². The highest BCUT2D eigenvalue weighted by Gasteiger charge is 2.15. The molecule has 98 valence electrons. The van der Waals surface area contributed by atoms with Crippen molar-refractivity contribution in [2.24, 2.45) is 0 Å². The van der Waals surface area contributed by atoms with Crippen LogP contribution in [0.3, 0.4) is 0 Å². The first-order valence-corrected chi connectivity index (χ1v) is 6.74. The van der Waals surface area contributed by atoms with Crippen molar-refractivity contribution in [3.8, 4) is 0 Å². The molecular formula is C15H14O3S. The number of aliphatic carboxylic acids is 1. The van der Waals surface area contributed by atoms with Gasteiger partial charge < -0.3 is 5.11 Å². The average molecular weight is 274 g/mol. The van der Waals surface area contributed by atoms with Crippen LogP contribution in [-0.4, -0.2) is 16.9 Å². The molecule has 0 aliphatic heterocycles. The number of thiophene rings is 1. The van der Waals surface area contributed by atoms with Crippen molar-refractivity contribution in [2.45, 2.75) is 19.8 Å². The molecule has 0 radical (unpaired) electrons. The molecule has 0 amide bonds. The van der Waals surface area contributed by atoms with Gasteiger partial charge in [0.1, 0.15) is 0 Å². The maximum absolute atomic E-state index is 12.2. The van der Waals surface area contributed by atoms with Crippen LogP contribution >= 0.6 is 11.3 Å². The number of carboxylic acid groups (broad SMARTS) is 1. The van der Waals surface area contributed by atoms with Crippen LogP contribution in [0.4, 0.5) is 0 Å². The third-order valence-corrected chi connectivity index (χ3v) is 4.01. The molecule has 0 aliphatic carbocycles. The van der Waals surface area contributed by atoms with E-state index < -0.39 is 11.9 Å². The van der Waals surface area contributed by atoms with Crippen LogP contribution in [0.5, 0.6) is 0 Å². The Morgan fingerprint density at radius 3 is 2.21 bits per heavy atom. The second-order valence-corrected chi connectivity index (χ2v) is 5.71. The Kier molecular flexibility index (Phi) is 3.81. The van der Waals surface area contributed by atoms with Gasteiger partial charge in [-0.1, -0.05) is 24.3 Å². The molecule has 4 heteroatoms. The fraction of sp³-hybridized carbons (Fsp3) is 0.200. The summed E-state index contributed by atoms with van der Waals surface area (Å²) in [5.74, 6) is -1.45. The monoisotopic (exact) mass is 274 g/mol. The Balaban J connectivity index is 2.23. The summed E-state index contributed by atoms with van der Waals surface area (Å²) in [7, 11) is 0. The summed E-state index contributed by atoms with van der Waals surface area (Å²) in [6.45, 7) is 3.58. The molecule has 0 unspecified atom stereocenters. The third-order valence-electron chi connectivity index (χ3n) is 3.01. The van der Waals surface area contributed by atoms with Crippen molar-refractivity contribution in [3.63, 3.8) is 0 Å². The van der Waals surface area contributed by atoms with Crippen molar-refractivity contribution in [1.29, 1.82) is 0 Å². The molecule has 1 atom stereocenters. The van der Waals surface area contributed by atoms with Crippen molar-refractivity contribution in [3.05, 3.63) is 57.3 Å². The minimum Gasteiger partial charge on any atom is -0.481 e. The summed E-state index contributed by atoms with van der Waals surface area (Å²) in [4.78, 5) is 24.8. The molecule has 19 heavy (non-hydrogen) atoms. The quantitative estimate of drug-likeness (QED) is 0.868. The van der Waals surface area contributed by atoms with Crippen LogP contribution in [0.25, 0.3) is 0 Å². The van der Waals surface area contributed by atoms with Crippen LogP contribution in [0.15, 0.2) is 36.4 Å². The van der Waals surface area contributed by atoms with Crippen LogP contribution in [0.2, 0.25) is 0 Å². The molecule has 0 saturated carbocycles. The Hall–Kier alpha value is -1.94. The number of hydrogen-bond acceptors (Lipinski definition) is 3. The third kappa shape index (κ3) is 2.90. The van der Waals surface area contributed by atoms with Gasteiger partial charge in [-0.25, -0.2) is 0 Å². The number of carbonyl (C=O) groups is 2. The first kappa shape index (κ1) is 13.5. The molecule has 0 fully saturated rings.